The minimum atomic E-state index is -0.268. The lowest BCUT2D eigenvalue weighted by Gasteiger charge is -2.14. The zero-order valence-electron chi connectivity index (χ0n) is 9.54. The zero-order valence-corrected chi connectivity index (χ0v) is 11.1. The molecule has 1 aromatic carbocycles. The second-order valence-electron chi connectivity index (χ2n) is 4.24. The van der Waals surface area contributed by atoms with Crippen LogP contribution in [0.5, 0.6) is 0 Å². The fourth-order valence-electron chi connectivity index (χ4n) is 1.47. The van der Waals surface area contributed by atoms with Crippen LogP contribution in [-0.2, 0) is 0 Å². The van der Waals surface area contributed by atoms with Crippen LogP contribution in [0.15, 0.2) is 18.2 Å². The Morgan fingerprint density at radius 3 is 2.50 bits per heavy atom. The lowest BCUT2D eigenvalue weighted by atomic mass is 9.98. The minimum Gasteiger partial charge on any atom is -0.324 e. The van der Waals surface area contributed by atoms with Crippen molar-refractivity contribution in [3.05, 3.63) is 34.6 Å². The van der Waals surface area contributed by atoms with Gasteiger partial charge in [0.25, 0.3) is 0 Å². The maximum Gasteiger partial charge on any atom is 0.128 e. The first-order chi connectivity index (χ1) is 7.00. The summed E-state index contributed by atoms with van der Waals surface area (Å²) in [6.45, 7) is 4.25. The van der Waals surface area contributed by atoms with Gasteiger partial charge in [-0.15, -0.1) is 12.4 Å². The van der Waals surface area contributed by atoms with Crippen LogP contribution >= 0.6 is 24.0 Å². The number of rotatable bonds is 4. The van der Waals surface area contributed by atoms with E-state index < -0.39 is 0 Å². The van der Waals surface area contributed by atoms with Crippen molar-refractivity contribution in [2.45, 2.75) is 32.7 Å². The topological polar surface area (TPSA) is 26.0 Å². The van der Waals surface area contributed by atoms with Gasteiger partial charge in [0.1, 0.15) is 5.82 Å². The lowest BCUT2D eigenvalue weighted by molar-refractivity contribution is 0.491. The van der Waals surface area contributed by atoms with Gasteiger partial charge in [-0.2, -0.15) is 0 Å². The van der Waals surface area contributed by atoms with E-state index in [0.717, 1.165) is 12.8 Å². The molecule has 0 aliphatic carbocycles. The molecule has 4 heteroatoms. The van der Waals surface area contributed by atoms with Crippen molar-refractivity contribution in [3.63, 3.8) is 0 Å². The van der Waals surface area contributed by atoms with E-state index in [-0.39, 0.29) is 24.3 Å². The van der Waals surface area contributed by atoms with E-state index in [9.17, 15) is 4.39 Å². The van der Waals surface area contributed by atoms with E-state index >= 15 is 0 Å². The monoisotopic (exact) mass is 265 g/mol. The lowest BCUT2D eigenvalue weighted by Crippen LogP contribution is -2.13. The molecule has 1 atom stereocenters. The molecular weight excluding hydrogens is 248 g/mol. The van der Waals surface area contributed by atoms with Crippen LogP contribution in [0.25, 0.3) is 0 Å². The number of nitrogens with two attached hydrogens (primary N) is 1. The summed E-state index contributed by atoms with van der Waals surface area (Å²) in [5, 5.41) is 0.534. The number of hydrogen-bond acceptors (Lipinski definition) is 1. The molecule has 1 rings (SSSR count). The van der Waals surface area contributed by atoms with Crippen LogP contribution in [0.4, 0.5) is 4.39 Å². The normalized spacial score (nSPS) is 12.4. The third kappa shape index (κ3) is 4.69. The molecular formula is C12H18Cl2FN. The Kier molecular flexibility index (Phi) is 6.96. The largest absolute Gasteiger partial charge is 0.324 e. The van der Waals surface area contributed by atoms with Crippen molar-refractivity contribution in [2.75, 3.05) is 0 Å². The molecule has 0 fully saturated rings. The molecule has 16 heavy (non-hydrogen) atoms. The van der Waals surface area contributed by atoms with Crippen LogP contribution in [0.1, 0.15) is 38.3 Å². The van der Waals surface area contributed by atoms with E-state index in [1.165, 1.54) is 12.1 Å². The molecule has 0 radical (unpaired) electrons. The highest BCUT2D eigenvalue weighted by Crippen LogP contribution is 2.24. The summed E-state index contributed by atoms with van der Waals surface area (Å²) in [5.41, 5.74) is 6.43. The molecule has 0 aliphatic heterocycles. The average Bonchev–Trinajstić information content (AvgIpc) is 2.18. The Hall–Kier alpha value is -0.310. The summed E-state index contributed by atoms with van der Waals surface area (Å²) in [4.78, 5) is 0. The van der Waals surface area contributed by atoms with Crippen molar-refractivity contribution in [1.29, 1.82) is 0 Å². The second kappa shape index (κ2) is 7.10. The van der Waals surface area contributed by atoms with Crippen LogP contribution < -0.4 is 5.73 Å². The van der Waals surface area contributed by atoms with E-state index in [2.05, 4.69) is 13.8 Å². The number of halogens is 3. The SMILES string of the molecule is CC(C)CC[C@@H](N)c1cc(Cl)ccc1F.Cl. The highest BCUT2D eigenvalue weighted by molar-refractivity contribution is 6.30. The van der Waals surface area contributed by atoms with Gasteiger partial charge in [0.15, 0.2) is 0 Å². The molecule has 0 amide bonds. The first-order valence-corrected chi connectivity index (χ1v) is 5.59. The summed E-state index contributed by atoms with van der Waals surface area (Å²) in [7, 11) is 0. The van der Waals surface area contributed by atoms with Crippen molar-refractivity contribution < 1.29 is 4.39 Å². The Bertz CT molecular complexity index is 329. The minimum absolute atomic E-state index is 0. The van der Waals surface area contributed by atoms with Crippen molar-refractivity contribution in [2.24, 2.45) is 11.7 Å². The fourth-order valence-corrected chi connectivity index (χ4v) is 1.65. The van der Waals surface area contributed by atoms with Gasteiger partial charge in [0, 0.05) is 16.6 Å². The molecule has 1 nitrogen and oxygen atoms in total. The highest BCUT2D eigenvalue weighted by atomic mass is 35.5. The summed E-state index contributed by atoms with van der Waals surface area (Å²) >= 11 is 5.80. The molecule has 0 saturated heterocycles. The summed E-state index contributed by atoms with van der Waals surface area (Å²) in [6.07, 6.45) is 1.78. The van der Waals surface area contributed by atoms with Crippen LogP contribution in [0.3, 0.4) is 0 Å². The summed E-state index contributed by atoms with van der Waals surface area (Å²) < 4.78 is 13.4. The molecule has 0 saturated carbocycles. The molecule has 0 heterocycles. The first kappa shape index (κ1) is 15.7. The predicted molar refractivity (Wildman–Crippen MR) is 69.7 cm³/mol. The Morgan fingerprint density at radius 2 is 1.94 bits per heavy atom. The van der Waals surface area contributed by atoms with Gasteiger partial charge < -0.3 is 5.73 Å². The summed E-state index contributed by atoms with van der Waals surface area (Å²) in [5.74, 6) is 0.314. The number of hydrogen-bond donors (Lipinski definition) is 1. The molecule has 0 spiro atoms. The third-order valence-electron chi connectivity index (χ3n) is 2.41. The molecule has 0 aromatic heterocycles. The molecule has 0 aliphatic rings. The standard InChI is InChI=1S/C12H17ClFN.ClH/c1-8(2)3-6-12(15)10-7-9(13)4-5-11(10)14;/h4-5,7-8,12H,3,6,15H2,1-2H3;1H/t12-;/m1./s1. The summed E-state index contributed by atoms with van der Waals surface area (Å²) in [6, 6.07) is 4.26. The Balaban J connectivity index is 0.00000225. The van der Waals surface area contributed by atoms with E-state index in [4.69, 9.17) is 17.3 Å². The average molecular weight is 266 g/mol. The van der Waals surface area contributed by atoms with E-state index in [1.807, 2.05) is 0 Å². The van der Waals surface area contributed by atoms with Crippen LogP contribution in [0, 0.1) is 11.7 Å². The second-order valence-corrected chi connectivity index (χ2v) is 4.68. The molecule has 1 aromatic rings. The highest BCUT2D eigenvalue weighted by Gasteiger charge is 2.12. The Morgan fingerprint density at radius 1 is 1.31 bits per heavy atom. The molecule has 2 N–H and O–H groups in total. The van der Waals surface area contributed by atoms with Gasteiger partial charge in [-0.05, 0) is 37.0 Å². The molecule has 0 unspecified atom stereocenters. The quantitative estimate of drug-likeness (QED) is 0.862. The smallest absolute Gasteiger partial charge is 0.128 e. The predicted octanol–water partition coefficient (Wildman–Crippen LogP) is 4.34. The van der Waals surface area contributed by atoms with Crippen molar-refractivity contribution in [1.82, 2.24) is 0 Å². The molecule has 92 valence electrons. The van der Waals surface area contributed by atoms with Gasteiger partial charge in [-0.25, -0.2) is 4.39 Å². The molecule has 0 bridgehead atoms. The van der Waals surface area contributed by atoms with Crippen molar-refractivity contribution >= 4 is 24.0 Å². The maximum absolute atomic E-state index is 13.4. The van der Waals surface area contributed by atoms with Gasteiger partial charge in [0.05, 0.1) is 0 Å². The Labute approximate surface area is 108 Å². The maximum atomic E-state index is 13.4. The van der Waals surface area contributed by atoms with E-state index in [1.54, 1.807) is 6.07 Å². The van der Waals surface area contributed by atoms with Crippen LogP contribution in [-0.4, -0.2) is 0 Å². The van der Waals surface area contributed by atoms with E-state index in [0.29, 0.717) is 16.5 Å². The fraction of sp³-hybridized carbons (Fsp3) is 0.500. The van der Waals surface area contributed by atoms with Crippen molar-refractivity contribution in [3.8, 4) is 0 Å². The van der Waals surface area contributed by atoms with Crippen LogP contribution in [0.2, 0.25) is 5.02 Å². The zero-order chi connectivity index (χ0) is 11.4. The van der Waals surface area contributed by atoms with Gasteiger partial charge in [-0.3, -0.25) is 0 Å². The van der Waals surface area contributed by atoms with Gasteiger partial charge in [0.2, 0.25) is 0 Å². The third-order valence-corrected chi connectivity index (χ3v) is 2.65. The van der Waals surface area contributed by atoms with Gasteiger partial charge in [-0.1, -0.05) is 25.4 Å². The van der Waals surface area contributed by atoms with Gasteiger partial charge >= 0.3 is 0 Å². The number of benzene rings is 1. The first-order valence-electron chi connectivity index (χ1n) is 5.21.